The van der Waals surface area contributed by atoms with Gasteiger partial charge < -0.3 is 39.4 Å². The molecule has 13 nitrogen and oxygen atoms in total. The predicted molar refractivity (Wildman–Crippen MR) is 153 cm³/mol. The molecule has 0 saturated carbocycles. The zero-order valence-corrected chi connectivity index (χ0v) is 24.7. The molecule has 2 aromatic carbocycles. The van der Waals surface area contributed by atoms with E-state index < -0.39 is 30.2 Å². The number of nitrogens with zero attached hydrogens (tertiary/aromatic N) is 1. The number of methoxy groups -OCH3 is 2. The second-order valence-corrected chi connectivity index (χ2v) is 9.41. The van der Waals surface area contributed by atoms with Gasteiger partial charge in [0.2, 0.25) is 0 Å². The van der Waals surface area contributed by atoms with Gasteiger partial charge in [-0.2, -0.15) is 5.10 Å². The van der Waals surface area contributed by atoms with Crippen LogP contribution in [0.5, 0.6) is 17.2 Å². The van der Waals surface area contributed by atoms with Crippen molar-refractivity contribution in [2.45, 2.75) is 26.1 Å². The van der Waals surface area contributed by atoms with Crippen LogP contribution < -0.4 is 30.3 Å². The van der Waals surface area contributed by atoms with Crippen LogP contribution in [-0.2, 0) is 19.1 Å². The van der Waals surface area contributed by atoms with E-state index in [0.29, 0.717) is 34.9 Å². The van der Waals surface area contributed by atoms with Crippen molar-refractivity contribution in [2.75, 3.05) is 34.0 Å². The summed E-state index contributed by atoms with van der Waals surface area (Å²) >= 11 is 12.4. The predicted octanol–water partition coefficient (Wildman–Crippen LogP) is 3.07. The lowest BCUT2D eigenvalue weighted by Gasteiger charge is -2.28. The maximum atomic E-state index is 12.4. The van der Waals surface area contributed by atoms with Crippen LogP contribution in [0.15, 0.2) is 46.7 Å². The van der Waals surface area contributed by atoms with Gasteiger partial charge in [-0.15, -0.1) is 0 Å². The topological polar surface area (TPSA) is 166 Å². The third-order valence-electron chi connectivity index (χ3n) is 5.69. The summed E-state index contributed by atoms with van der Waals surface area (Å²) < 4.78 is 26.1. The summed E-state index contributed by atoms with van der Waals surface area (Å²) in [6.45, 7) is 3.13. The van der Waals surface area contributed by atoms with Crippen molar-refractivity contribution >= 4 is 47.4 Å². The molecule has 1 aliphatic rings. The summed E-state index contributed by atoms with van der Waals surface area (Å²) in [7, 11) is 2.49. The summed E-state index contributed by atoms with van der Waals surface area (Å²) in [5, 5.41) is 19.9. The van der Waals surface area contributed by atoms with Crippen molar-refractivity contribution in [2.24, 2.45) is 5.10 Å². The first kappa shape index (κ1) is 32.3. The Morgan fingerprint density at radius 3 is 2.45 bits per heavy atom. The maximum Gasteiger partial charge on any atom is 0.343 e. The number of aliphatic hydroxyl groups is 1. The largest absolute Gasteiger partial charge is 0.490 e. The van der Waals surface area contributed by atoms with Crippen LogP contribution in [-0.4, -0.2) is 69.6 Å². The van der Waals surface area contributed by atoms with E-state index in [2.05, 4.69) is 25.9 Å². The van der Waals surface area contributed by atoms with Gasteiger partial charge in [-0.3, -0.25) is 5.43 Å². The minimum atomic E-state index is -1.22. The van der Waals surface area contributed by atoms with Gasteiger partial charge in [0.05, 0.1) is 48.7 Å². The summed E-state index contributed by atoms with van der Waals surface area (Å²) in [6, 6.07) is 6.67. The van der Waals surface area contributed by atoms with Gasteiger partial charge in [-0.25, -0.2) is 14.4 Å². The Hall–Kier alpha value is -4.20. The van der Waals surface area contributed by atoms with Gasteiger partial charge in [0.15, 0.2) is 30.1 Å². The second-order valence-electron chi connectivity index (χ2n) is 8.59. The minimum absolute atomic E-state index is 0.119. The van der Waals surface area contributed by atoms with Crippen LogP contribution in [0.25, 0.3) is 0 Å². The van der Waals surface area contributed by atoms with E-state index in [-0.39, 0.29) is 34.6 Å². The first-order valence-corrected chi connectivity index (χ1v) is 13.2. The van der Waals surface area contributed by atoms with Gasteiger partial charge in [-0.1, -0.05) is 29.3 Å². The van der Waals surface area contributed by atoms with Gasteiger partial charge in [0.1, 0.15) is 6.61 Å². The molecule has 2 amide bonds. The average Bonchev–Trinajstić information content (AvgIpc) is 2.95. The highest BCUT2D eigenvalue weighted by molar-refractivity contribution is 6.37. The van der Waals surface area contributed by atoms with Gasteiger partial charge >= 0.3 is 18.0 Å². The van der Waals surface area contributed by atoms with Crippen molar-refractivity contribution < 1.29 is 43.2 Å². The van der Waals surface area contributed by atoms with E-state index in [1.165, 1.54) is 32.6 Å². The minimum Gasteiger partial charge on any atom is -0.490 e. The molecule has 2 atom stereocenters. The van der Waals surface area contributed by atoms with Gasteiger partial charge in [0, 0.05) is 5.70 Å². The quantitative estimate of drug-likeness (QED) is 0.113. The van der Waals surface area contributed by atoms with Crippen LogP contribution in [0.3, 0.4) is 0 Å². The number of halogens is 2. The van der Waals surface area contributed by atoms with E-state index in [1.54, 1.807) is 32.0 Å². The molecule has 0 bridgehead atoms. The number of ether oxygens (including phenoxy) is 5. The molecule has 42 heavy (non-hydrogen) atoms. The molecule has 4 N–H and O–H groups in total. The van der Waals surface area contributed by atoms with Gasteiger partial charge in [-0.05, 0) is 49.2 Å². The number of carbonyl (C=O) groups excluding carboxylic acids is 3. The number of nitrogens with one attached hydrogen (secondary N) is 3. The van der Waals surface area contributed by atoms with Crippen molar-refractivity contribution in [3.63, 3.8) is 0 Å². The molecule has 0 aromatic heterocycles. The lowest BCUT2D eigenvalue weighted by molar-refractivity contribution is -0.143. The van der Waals surface area contributed by atoms with E-state index in [0.717, 1.165) is 0 Å². The number of esters is 2. The number of allylic oxidation sites excluding steroid dienone is 1. The lowest BCUT2D eigenvalue weighted by atomic mass is 9.95. The number of benzene rings is 2. The van der Waals surface area contributed by atoms with Crippen LogP contribution >= 0.6 is 23.2 Å². The van der Waals surface area contributed by atoms with E-state index in [4.69, 9.17) is 42.1 Å². The maximum absolute atomic E-state index is 12.4. The molecule has 0 saturated heterocycles. The number of hydrogen-bond donors (Lipinski definition) is 4. The Kier molecular flexibility index (Phi) is 11.7. The van der Waals surface area contributed by atoms with Crippen LogP contribution in [0.4, 0.5) is 4.79 Å². The molecule has 1 heterocycles. The molecule has 15 heteroatoms. The smallest absolute Gasteiger partial charge is 0.343 e. The summed E-state index contributed by atoms with van der Waals surface area (Å²) in [5.41, 5.74) is 4.19. The van der Waals surface area contributed by atoms with Crippen LogP contribution in [0.2, 0.25) is 10.0 Å². The molecule has 0 aliphatic carbocycles. The number of hydrazone groups is 1. The van der Waals surface area contributed by atoms with Crippen molar-refractivity contribution in [3.05, 3.63) is 62.8 Å². The normalized spacial score (nSPS) is 15.4. The Balaban J connectivity index is 1.65. The fourth-order valence-corrected chi connectivity index (χ4v) is 4.41. The molecule has 0 fully saturated rings. The number of rotatable bonds is 13. The van der Waals surface area contributed by atoms with Crippen molar-refractivity contribution in [3.8, 4) is 17.2 Å². The molecule has 0 radical (unpaired) electrons. The Morgan fingerprint density at radius 1 is 1.10 bits per heavy atom. The lowest BCUT2D eigenvalue weighted by Crippen LogP contribution is -2.45. The molecular weight excluding hydrogens is 595 g/mol. The SMILES string of the molecule is CCOc1cc([C@H]2NC(=O)NC(C)=C2C(=O)OC)ccc1OC[C@H](O)N/N=C\c1cc(Cl)c(OCC(=O)OC)c(Cl)c1. The second kappa shape index (κ2) is 15.1. The molecule has 0 unspecified atom stereocenters. The number of amides is 2. The molecular formula is C27H30Cl2N4O9. The van der Waals surface area contributed by atoms with E-state index >= 15 is 0 Å². The molecule has 3 rings (SSSR count). The highest BCUT2D eigenvalue weighted by atomic mass is 35.5. The van der Waals surface area contributed by atoms with E-state index in [1.807, 2.05) is 0 Å². The number of carbonyl (C=O) groups is 3. The standard InChI is InChI=1S/C27H30Cl2N4O9/c1-5-40-20-10-16(24-23(26(36)39-4)14(2)31-27(37)32-24)6-7-19(20)41-12-21(34)33-30-11-15-8-17(28)25(18(29)9-15)42-13-22(35)38-3/h6-11,21,24,33-34H,5,12-13H2,1-4H3,(H2,31,32,37)/b30-11-/t21-,24+/m0/s1. The first-order valence-electron chi connectivity index (χ1n) is 12.5. The number of aliphatic hydroxyl groups excluding tert-OH is 1. The molecule has 226 valence electrons. The fourth-order valence-electron chi connectivity index (χ4n) is 3.80. The average molecular weight is 625 g/mol. The van der Waals surface area contributed by atoms with E-state index in [9.17, 15) is 19.5 Å². The first-order chi connectivity index (χ1) is 20.1. The number of hydrogen-bond acceptors (Lipinski definition) is 11. The summed E-state index contributed by atoms with van der Waals surface area (Å²) in [4.78, 5) is 35.8. The van der Waals surface area contributed by atoms with Crippen molar-refractivity contribution in [1.29, 1.82) is 0 Å². The summed E-state index contributed by atoms with van der Waals surface area (Å²) in [6.07, 6.45) is 0.150. The van der Waals surface area contributed by atoms with Gasteiger partial charge in [0.25, 0.3) is 0 Å². The zero-order chi connectivity index (χ0) is 30.8. The Labute approximate surface area is 251 Å². The van der Waals surface area contributed by atoms with Crippen LogP contribution in [0, 0.1) is 0 Å². The van der Waals surface area contributed by atoms with Crippen LogP contribution in [0.1, 0.15) is 31.0 Å². The van der Waals surface area contributed by atoms with Crippen molar-refractivity contribution in [1.82, 2.24) is 16.1 Å². The summed E-state index contributed by atoms with van der Waals surface area (Å²) in [5.74, 6) is -0.419. The molecule has 1 aliphatic heterocycles. The number of urea groups is 1. The highest BCUT2D eigenvalue weighted by Gasteiger charge is 2.32. The molecule has 2 aromatic rings. The Morgan fingerprint density at radius 2 is 1.81 bits per heavy atom. The third-order valence-corrected chi connectivity index (χ3v) is 6.25. The molecule has 0 spiro atoms. The zero-order valence-electron chi connectivity index (χ0n) is 23.2. The Bertz CT molecular complexity index is 1360. The third kappa shape index (κ3) is 8.41. The highest BCUT2D eigenvalue weighted by Crippen LogP contribution is 2.35. The monoisotopic (exact) mass is 624 g/mol. The fraction of sp³-hybridized carbons (Fsp3) is 0.333.